The molecule has 452 valence electrons. The third kappa shape index (κ3) is 16.4. The molecule has 8 rings (SSSR count). The number of alkyl halides is 2. The third-order valence-electron chi connectivity index (χ3n) is 11.8. The Morgan fingerprint density at radius 2 is 1.10 bits per heavy atom. The van der Waals surface area contributed by atoms with Crippen molar-refractivity contribution in [2.75, 3.05) is 38.9 Å². The molecule has 6 heterocycles. The number of aromatic nitrogens is 8. The van der Waals surface area contributed by atoms with Crippen LogP contribution in [0.5, 0.6) is 23.3 Å². The number of hydrogen-bond acceptors (Lipinski definition) is 24. The number of hydrogen-bond donors (Lipinski definition) is 8. The van der Waals surface area contributed by atoms with Gasteiger partial charge in [-0.1, -0.05) is 36.4 Å². The number of para-hydroxylation sites is 2. The summed E-state index contributed by atoms with van der Waals surface area (Å²) in [5.41, 5.74) is 7.68. The monoisotopic (exact) mass is 1220 g/mol. The predicted molar refractivity (Wildman–Crippen MR) is 284 cm³/mol. The second-order valence-corrected chi connectivity index (χ2v) is 22.2. The largest absolute Gasteiger partial charge is 0.479 e. The number of ether oxygens (including phenoxy) is 6. The van der Waals surface area contributed by atoms with Gasteiger partial charge in [0.2, 0.25) is 23.7 Å². The number of fused-ring (bicyclic) bond motifs is 2. The Labute approximate surface area is 498 Å². The van der Waals surface area contributed by atoms with Crippen LogP contribution in [0, 0.1) is 37.7 Å². The van der Waals surface area contributed by atoms with Crippen molar-refractivity contribution in [2.24, 2.45) is 0 Å². The second-order valence-electron chi connectivity index (χ2n) is 19.1. The van der Waals surface area contributed by atoms with Crippen molar-refractivity contribution in [3.05, 3.63) is 73.3 Å². The van der Waals surface area contributed by atoms with Gasteiger partial charge in [-0.15, -0.1) is 0 Å². The summed E-state index contributed by atoms with van der Waals surface area (Å²) in [5.74, 6) is -0.849. The van der Waals surface area contributed by atoms with E-state index in [1.165, 1.54) is 68.9 Å². The number of nitrogen functional groups attached to an aromatic ring is 2. The zero-order chi connectivity index (χ0) is 59.8. The number of aliphatic hydroxyl groups excluding tert-OH is 3. The number of carbonyl (C=O) groups is 2. The van der Waals surface area contributed by atoms with Crippen molar-refractivity contribution < 1.29 is 127 Å². The van der Waals surface area contributed by atoms with Crippen LogP contribution in [-0.4, -0.2) is 159 Å². The van der Waals surface area contributed by atoms with Crippen molar-refractivity contribution >= 4 is 61.7 Å². The molecule has 0 saturated carbocycles. The van der Waals surface area contributed by atoms with Crippen LogP contribution in [0.4, 0.5) is 20.7 Å². The molecule has 4 aromatic heterocycles. The van der Waals surface area contributed by atoms with Crippen LogP contribution >= 0.6 is 15.5 Å². The average molecular weight is 1220 g/mol. The van der Waals surface area contributed by atoms with E-state index < -0.39 is 107 Å². The summed E-state index contributed by atoms with van der Waals surface area (Å²) in [6.45, 7) is 10.8. The Morgan fingerprint density at radius 3 is 1.50 bits per heavy atom. The van der Waals surface area contributed by atoms with E-state index in [1.54, 1.807) is 76.2 Å². The van der Waals surface area contributed by atoms with E-state index >= 15 is 4.39 Å². The fraction of sp³-hybridized carbons (Fsp3) is 0.500. The van der Waals surface area contributed by atoms with Gasteiger partial charge >= 0.3 is 27.4 Å². The second kappa shape index (κ2) is 28.4. The molecule has 0 bridgehead atoms. The van der Waals surface area contributed by atoms with E-state index in [9.17, 15) is 43.3 Å². The van der Waals surface area contributed by atoms with Crippen LogP contribution < -0.4 is 40.2 Å². The average Bonchev–Trinajstić information content (AvgIpc) is 4.16. The summed E-state index contributed by atoms with van der Waals surface area (Å²) < 4.78 is 107. The molecule has 82 heavy (non-hydrogen) atoms. The third-order valence-corrected chi connectivity index (χ3v) is 14.6. The summed E-state index contributed by atoms with van der Waals surface area (Å²) in [7, 11) is -5.64. The van der Waals surface area contributed by atoms with Gasteiger partial charge in [0, 0.05) is 37.7 Å². The summed E-state index contributed by atoms with van der Waals surface area (Å²) in [4.78, 5) is 57.7. The SMILES string of the molecule is CC(C)OC(=O)[C@H](C)NP(=O)(O)Oc1ccccc1.COc1nc(N)nc2c1ncn2[C@@H]1O[C@H](CO)[C@@H](O)[C@@]1(C)F.COc1nc(N)nc2c1ncn2[C@@H]1O[C@H](CO[P@@](=O)(N[C@@H](C)C(=O)OC(C)C)Oc2ccccc2)[C@@H](O)[C@@]1(C)F.[Ar]. The number of halogens is 2. The molecule has 2 fully saturated rings. The van der Waals surface area contributed by atoms with Crippen molar-refractivity contribution in [1.82, 2.24) is 49.2 Å². The van der Waals surface area contributed by atoms with Gasteiger partial charge in [0.1, 0.15) is 48.0 Å². The topological polar surface area (TPSA) is 396 Å². The van der Waals surface area contributed by atoms with E-state index in [-0.39, 0.29) is 101 Å². The fourth-order valence-corrected chi connectivity index (χ4v) is 10.5. The molecule has 1 unspecified atom stereocenters. The molecule has 0 radical (unpaired) electrons. The molecular weight excluding hydrogens is 1160 g/mol. The predicted octanol–water partition coefficient (Wildman–Crippen LogP) is 4.03. The van der Waals surface area contributed by atoms with Gasteiger partial charge in [0.15, 0.2) is 46.1 Å². The van der Waals surface area contributed by atoms with E-state index in [0.717, 1.165) is 6.92 Å². The van der Waals surface area contributed by atoms with E-state index in [0.29, 0.717) is 0 Å². The number of imidazole rings is 2. The Morgan fingerprint density at radius 1 is 0.695 bits per heavy atom. The van der Waals surface area contributed by atoms with Crippen LogP contribution in [0.15, 0.2) is 73.3 Å². The van der Waals surface area contributed by atoms with Crippen LogP contribution in [0.3, 0.4) is 0 Å². The molecule has 10 N–H and O–H groups in total. The first-order chi connectivity index (χ1) is 38.0. The first-order valence-corrected chi connectivity index (χ1v) is 27.9. The molecule has 29 nitrogen and oxygen atoms in total. The number of methoxy groups -OCH3 is 2. The molecule has 2 aromatic carbocycles. The van der Waals surface area contributed by atoms with Crippen LogP contribution in [0.25, 0.3) is 22.3 Å². The van der Waals surface area contributed by atoms with Crippen LogP contribution in [0.2, 0.25) is 0 Å². The Balaban J connectivity index is 0.000000247. The summed E-state index contributed by atoms with van der Waals surface area (Å²) in [5, 5.41) is 34.7. The van der Waals surface area contributed by atoms with Crippen LogP contribution in [0.1, 0.15) is 67.8 Å². The van der Waals surface area contributed by atoms with E-state index in [1.807, 2.05) is 0 Å². The van der Waals surface area contributed by atoms with Crippen molar-refractivity contribution in [3.8, 4) is 23.3 Å². The zero-order valence-corrected chi connectivity index (χ0v) is 48.4. The summed E-state index contributed by atoms with van der Waals surface area (Å²) in [6.07, 6.45) is -6.36. The molecule has 2 aliphatic rings. The van der Waals surface area contributed by atoms with Gasteiger partial charge in [-0.25, -0.2) is 27.9 Å². The maximum Gasteiger partial charge on any atom is 0.459 e. The standard InChI is InChI=1S/C24H32FN6O8P.C12H16FN5O4.C12H18NO5P.Ar/c1-13(2)37-21(33)14(3)30-40(34,39-15-9-7-6-8-10-15)36-11-16-18(32)24(4,25)22(38-16)31-12-27-17-19(31)28-23(26)29-20(17)35-5;1-12(13)7(20)5(3-19)22-10(12)18-4-15-6-8(18)16-11(14)17-9(6)21-2;1-9(2)17-12(14)10(3)13-19(15,16)18-11-7-5-4-6-8-11;/h6-10,12-14,16,18,22,32H,11H2,1-5H3,(H,30,34)(H2,26,28,29);4-5,7,10,19-20H,3H2,1-2H3,(H2,14,16,17);4-10H,1-3H3,(H2,13,15,16);/t14-,16+,18+,22+,24+,40-;5-,7-,10-,12-;10-;/m010./s1. The van der Waals surface area contributed by atoms with Gasteiger partial charge in [-0.05, 0) is 79.7 Å². The number of nitrogens with two attached hydrogens (primary N) is 2. The molecule has 0 spiro atoms. The number of carbonyl (C=O) groups excluding carboxylic acids is 2. The quantitative estimate of drug-likeness (QED) is 0.0395. The van der Waals surface area contributed by atoms with Gasteiger partial charge in [0.05, 0.1) is 52.3 Å². The van der Waals surface area contributed by atoms with Gasteiger partial charge in [0.25, 0.3) is 0 Å². The number of rotatable bonds is 20. The number of nitrogens with one attached hydrogen (secondary N) is 2. The number of aliphatic hydroxyl groups is 3. The number of nitrogens with zero attached hydrogens (tertiary/aromatic N) is 8. The maximum absolute atomic E-state index is 15.9. The molecule has 0 aliphatic carbocycles. The molecular formula is C48H66ArF2N12O17P2. The van der Waals surface area contributed by atoms with E-state index in [4.69, 9.17) is 53.5 Å². The minimum atomic E-state index is -4.29. The number of benzene rings is 2. The molecule has 2 saturated heterocycles. The summed E-state index contributed by atoms with van der Waals surface area (Å²) in [6, 6.07) is 14.3. The Kier molecular flexibility index (Phi) is 23.3. The zero-order valence-electron chi connectivity index (χ0n) is 45.9. The Hall–Kier alpha value is -5.50. The number of esters is 2. The van der Waals surface area contributed by atoms with Gasteiger partial charge < -0.3 is 69.1 Å². The van der Waals surface area contributed by atoms with Gasteiger partial charge in [-0.3, -0.25) is 23.2 Å². The van der Waals surface area contributed by atoms with Crippen molar-refractivity contribution in [1.29, 1.82) is 0 Å². The first-order valence-electron chi connectivity index (χ1n) is 24.8. The minimum absolute atomic E-state index is 0. The van der Waals surface area contributed by atoms with E-state index in [2.05, 4.69) is 40.1 Å². The first kappa shape index (κ1) is 67.3. The molecule has 34 heteroatoms. The van der Waals surface area contributed by atoms with Crippen molar-refractivity contribution in [2.45, 2.75) is 128 Å². The normalized spacial score (nSPS) is 24.4. The van der Waals surface area contributed by atoms with Crippen molar-refractivity contribution in [3.63, 3.8) is 0 Å². The summed E-state index contributed by atoms with van der Waals surface area (Å²) >= 11 is 0. The molecule has 6 aromatic rings. The number of anilines is 2. The van der Waals surface area contributed by atoms with Crippen LogP contribution in [-0.2, 0) is 42.2 Å². The maximum atomic E-state index is 15.9. The van der Waals surface area contributed by atoms with Gasteiger partial charge in [-0.2, -0.15) is 30.1 Å². The fourth-order valence-electron chi connectivity index (χ4n) is 7.94. The minimum Gasteiger partial charge on any atom is -0.479 e. The molecule has 12 atom stereocenters. The Bertz CT molecular complexity index is 3190. The smallest absolute Gasteiger partial charge is 0.459 e. The molecule has 2 aliphatic heterocycles. The molecule has 0 amide bonds.